The summed E-state index contributed by atoms with van der Waals surface area (Å²) in [6, 6.07) is 6.76. The van der Waals surface area contributed by atoms with Crippen molar-refractivity contribution in [1.29, 1.82) is 0 Å². The first-order valence-corrected chi connectivity index (χ1v) is 8.35. The molecular formula is C16H16F2N2O2S. The number of carbonyl (C=O) groups is 1. The number of rotatable bonds is 2. The topological polar surface area (TPSA) is 45.5 Å². The van der Waals surface area contributed by atoms with Crippen molar-refractivity contribution in [2.75, 3.05) is 24.2 Å². The van der Waals surface area contributed by atoms with Gasteiger partial charge in [-0.2, -0.15) is 0 Å². The van der Waals surface area contributed by atoms with Crippen molar-refractivity contribution in [1.82, 2.24) is 4.90 Å². The summed E-state index contributed by atoms with van der Waals surface area (Å²) in [4.78, 5) is 13.8. The van der Waals surface area contributed by atoms with E-state index >= 15 is 0 Å². The third kappa shape index (κ3) is 3.67. The number of nitrogens with zero attached hydrogens (tertiary/aromatic N) is 1. The summed E-state index contributed by atoms with van der Waals surface area (Å²) in [7, 11) is 0. The average Bonchev–Trinajstić information content (AvgIpc) is 2.95. The molecule has 0 spiro atoms. The molecule has 2 aromatic rings. The molecule has 0 aliphatic carbocycles. The molecule has 1 saturated heterocycles. The second-order valence-corrected chi connectivity index (χ2v) is 6.49. The van der Waals surface area contributed by atoms with E-state index in [1.165, 1.54) is 6.07 Å². The summed E-state index contributed by atoms with van der Waals surface area (Å²) in [5, 5.41) is 2.52. The second kappa shape index (κ2) is 7.04. The van der Waals surface area contributed by atoms with E-state index in [1.54, 1.807) is 22.9 Å². The predicted octanol–water partition coefficient (Wildman–Crippen LogP) is 4.27. The minimum Gasteiger partial charge on any atom is -0.468 e. The van der Waals surface area contributed by atoms with Crippen LogP contribution in [0.3, 0.4) is 0 Å². The lowest BCUT2D eigenvalue weighted by atomic mass is 10.2. The van der Waals surface area contributed by atoms with Crippen LogP contribution in [-0.2, 0) is 0 Å². The van der Waals surface area contributed by atoms with Crippen molar-refractivity contribution >= 4 is 23.5 Å². The van der Waals surface area contributed by atoms with Gasteiger partial charge in [0, 0.05) is 18.8 Å². The lowest BCUT2D eigenvalue weighted by molar-refractivity contribution is 0.214. The molecule has 3 rings (SSSR count). The highest BCUT2D eigenvalue weighted by atomic mass is 32.2. The lowest BCUT2D eigenvalue weighted by Crippen LogP contribution is -2.37. The number of para-hydroxylation sites is 1. The van der Waals surface area contributed by atoms with E-state index in [2.05, 4.69) is 5.32 Å². The molecule has 23 heavy (non-hydrogen) atoms. The van der Waals surface area contributed by atoms with E-state index in [1.807, 2.05) is 12.1 Å². The third-order valence-electron chi connectivity index (χ3n) is 3.68. The SMILES string of the molecule is O=C(Nc1c(F)cccc1F)N1CCS[C@H](c2ccco2)CC1. The number of carbonyl (C=O) groups excluding carboxylic acids is 1. The fourth-order valence-corrected chi connectivity index (χ4v) is 3.66. The van der Waals surface area contributed by atoms with E-state index in [4.69, 9.17) is 4.42 Å². The van der Waals surface area contributed by atoms with Crippen molar-refractivity contribution < 1.29 is 18.0 Å². The molecule has 1 N–H and O–H groups in total. The fraction of sp³-hybridized carbons (Fsp3) is 0.312. The molecular weight excluding hydrogens is 322 g/mol. The molecule has 1 fully saturated rings. The van der Waals surface area contributed by atoms with Crippen LogP contribution in [0.4, 0.5) is 19.3 Å². The smallest absolute Gasteiger partial charge is 0.322 e. The molecule has 0 bridgehead atoms. The van der Waals surface area contributed by atoms with E-state index in [-0.39, 0.29) is 5.25 Å². The Labute approximate surface area is 136 Å². The van der Waals surface area contributed by atoms with Crippen molar-refractivity contribution in [2.24, 2.45) is 0 Å². The Morgan fingerprint density at radius 1 is 1.22 bits per heavy atom. The summed E-state index contributed by atoms with van der Waals surface area (Å²) in [6.45, 7) is 1.02. The number of halogens is 2. The number of benzene rings is 1. The van der Waals surface area contributed by atoms with Crippen molar-refractivity contribution in [3.63, 3.8) is 0 Å². The molecule has 4 nitrogen and oxygen atoms in total. The van der Waals surface area contributed by atoms with Gasteiger partial charge >= 0.3 is 6.03 Å². The highest BCUT2D eigenvalue weighted by molar-refractivity contribution is 7.99. The Morgan fingerprint density at radius 3 is 2.70 bits per heavy atom. The first kappa shape index (κ1) is 15.9. The molecule has 1 aliphatic rings. The summed E-state index contributed by atoms with van der Waals surface area (Å²) in [5.74, 6) is 0.0582. The zero-order valence-electron chi connectivity index (χ0n) is 12.3. The molecule has 7 heteroatoms. The van der Waals surface area contributed by atoms with Gasteiger partial charge in [0.2, 0.25) is 0 Å². The Hall–Kier alpha value is -2.02. The molecule has 0 radical (unpaired) electrons. The number of furan rings is 1. The Balaban J connectivity index is 1.64. The largest absolute Gasteiger partial charge is 0.468 e. The second-order valence-electron chi connectivity index (χ2n) is 5.18. The summed E-state index contributed by atoms with van der Waals surface area (Å²) in [5.41, 5.74) is -0.406. The van der Waals surface area contributed by atoms with Crippen LogP contribution in [0.2, 0.25) is 0 Å². The van der Waals surface area contributed by atoms with Crippen LogP contribution in [0.25, 0.3) is 0 Å². The Kier molecular flexibility index (Phi) is 4.85. The van der Waals surface area contributed by atoms with Gasteiger partial charge in [0.1, 0.15) is 23.1 Å². The van der Waals surface area contributed by atoms with Crippen LogP contribution in [0.1, 0.15) is 17.4 Å². The van der Waals surface area contributed by atoms with Crippen LogP contribution in [0.15, 0.2) is 41.0 Å². The minimum absolute atomic E-state index is 0.188. The maximum absolute atomic E-state index is 13.6. The Bertz CT molecular complexity index is 658. The summed E-state index contributed by atoms with van der Waals surface area (Å²) < 4.78 is 32.6. The third-order valence-corrected chi connectivity index (χ3v) is 4.97. The highest BCUT2D eigenvalue weighted by Crippen LogP contribution is 2.34. The fourth-order valence-electron chi connectivity index (χ4n) is 2.48. The summed E-state index contributed by atoms with van der Waals surface area (Å²) in [6.07, 6.45) is 2.36. The maximum atomic E-state index is 13.6. The van der Waals surface area contributed by atoms with Gasteiger partial charge in [-0.1, -0.05) is 6.07 Å². The molecule has 1 atom stereocenters. The quantitative estimate of drug-likeness (QED) is 0.889. The lowest BCUT2D eigenvalue weighted by Gasteiger charge is -2.21. The molecule has 1 aromatic carbocycles. The number of anilines is 1. The van der Waals surface area contributed by atoms with E-state index in [0.29, 0.717) is 13.1 Å². The van der Waals surface area contributed by atoms with Gasteiger partial charge in [0.25, 0.3) is 0 Å². The van der Waals surface area contributed by atoms with Gasteiger partial charge in [-0.15, -0.1) is 11.8 Å². The first-order valence-electron chi connectivity index (χ1n) is 7.30. The molecule has 2 amide bonds. The number of urea groups is 1. The predicted molar refractivity (Wildman–Crippen MR) is 85.5 cm³/mol. The number of amides is 2. The van der Waals surface area contributed by atoms with Gasteiger partial charge < -0.3 is 14.6 Å². The molecule has 1 aromatic heterocycles. The minimum atomic E-state index is -0.781. The average molecular weight is 338 g/mol. The molecule has 1 aliphatic heterocycles. The van der Waals surface area contributed by atoms with Gasteiger partial charge in [0.15, 0.2) is 0 Å². The Morgan fingerprint density at radius 2 is 2.00 bits per heavy atom. The monoisotopic (exact) mass is 338 g/mol. The van der Waals surface area contributed by atoms with Gasteiger partial charge in [-0.25, -0.2) is 13.6 Å². The van der Waals surface area contributed by atoms with Gasteiger partial charge in [0.05, 0.1) is 11.5 Å². The van der Waals surface area contributed by atoms with E-state index in [0.717, 1.165) is 30.1 Å². The number of hydrogen-bond donors (Lipinski definition) is 1. The van der Waals surface area contributed by atoms with Gasteiger partial charge in [-0.3, -0.25) is 0 Å². The van der Waals surface area contributed by atoms with Crippen LogP contribution in [-0.4, -0.2) is 29.8 Å². The van der Waals surface area contributed by atoms with E-state index in [9.17, 15) is 13.6 Å². The van der Waals surface area contributed by atoms with Crippen LogP contribution >= 0.6 is 11.8 Å². The number of hydrogen-bond acceptors (Lipinski definition) is 3. The van der Waals surface area contributed by atoms with Crippen LogP contribution in [0, 0.1) is 11.6 Å². The van der Waals surface area contributed by atoms with Crippen LogP contribution in [0.5, 0.6) is 0 Å². The van der Waals surface area contributed by atoms with Crippen molar-refractivity contribution in [2.45, 2.75) is 11.7 Å². The highest BCUT2D eigenvalue weighted by Gasteiger charge is 2.24. The normalized spacial score (nSPS) is 18.5. The number of nitrogens with one attached hydrogen (secondary N) is 1. The summed E-state index contributed by atoms with van der Waals surface area (Å²) >= 11 is 1.71. The molecule has 122 valence electrons. The van der Waals surface area contributed by atoms with Crippen molar-refractivity contribution in [3.05, 3.63) is 54.0 Å². The van der Waals surface area contributed by atoms with Gasteiger partial charge in [-0.05, 0) is 30.7 Å². The zero-order chi connectivity index (χ0) is 16.2. The molecule has 0 unspecified atom stereocenters. The molecule has 2 heterocycles. The first-order chi connectivity index (χ1) is 11.1. The van der Waals surface area contributed by atoms with Crippen LogP contribution < -0.4 is 5.32 Å². The zero-order valence-corrected chi connectivity index (χ0v) is 13.1. The van der Waals surface area contributed by atoms with E-state index < -0.39 is 23.4 Å². The van der Waals surface area contributed by atoms with Crippen molar-refractivity contribution in [3.8, 4) is 0 Å². The standard InChI is InChI=1S/C16H16F2N2O2S/c17-11-3-1-4-12(18)15(11)19-16(21)20-7-6-14(23-10-8-20)13-5-2-9-22-13/h1-5,9,14H,6-8,10H2,(H,19,21)/t14-/m0/s1. The molecule has 0 saturated carbocycles. The number of thioether (sulfide) groups is 1. The maximum Gasteiger partial charge on any atom is 0.322 e.